The Morgan fingerprint density at radius 1 is 1.00 bits per heavy atom. The minimum atomic E-state index is -0.841. The van der Waals surface area contributed by atoms with E-state index >= 15 is 0 Å². The van der Waals surface area contributed by atoms with Crippen molar-refractivity contribution < 1.29 is 24.4 Å². The molecule has 8 heteroatoms. The summed E-state index contributed by atoms with van der Waals surface area (Å²) in [4.78, 5) is 37.9. The van der Waals surface area contributed by atoms with Gasteiger partial charge in [0.15, 0.2) is 0 Å². The van der Waals surface area contributed by atoms with Crippen LogP contribution in [-0.2, 0) is 16.1 Å². The van der Waals surface area contributed by atoms with Crippen molar-refractivity contribution in [1.82, 2.24) is 4.90 Å². The highest BCUT2D eigenvalue weighted by molar-refractivity contribution is 6.46. The van der Waals surface area contributed by atoms with Crippen molar-refractivity contribution >= 4 is 23.1 Å². The molecule has 0 aromatic heterocycles. The monoisotopic (exact) mass is 444 g/mol. The number of benzene rings is 3. The number of nitro groups is 1. The second-order valence-electron chi connectivity index (χ2n) is 7.49. The molecule has 8 nitrogen and oxygen atoms in total. The third-order valence-corrected chi connectivity index (χ3v) is 5.52. The largest absolute Gasteiger partial charge is 0.507 e. The van der Waals surface area contributed by atoms with E-state index in [1.54, 1.807) is 24.3 Å². The van der Waals surface area contributed by atoms with Crippen LogP contribution in [0.4, 0.5) is 5.69 Å². The Hall–Kier alpha value is -4.46. The van der Waals surface area contributed by atoms with Gasteiger partial charge < -0.3 is 14.7 Å². The van der Waals surface area contributed by atoms with Crippen LogP contribution in [0.2, 0.25) is 0 Å². The molecular weight excluding hydrogens is 424 g/mol. The van der Waals surface area contributed by atoms with Gasteiger partial charge >= 0.3 is 0 Å². The lowest BCUT2D eigenvalue weighted by Crippen LogP contribution is -2.29. The van der Waals surface area contributed by atoms with Gasteiger partial charge in [-0.1, -0.05) is 42.5 Å². The van der Waals surface area contributed by atoms with Gasteiger partial charge in [0.25, 0.3) is 17.4 Å². The maximum atomic E-state index is 13.1. The average Bonchev–Trinajstić information content (AvgIpc) is 3.09. The van der Waals surface area contributed by atoms with Gasteiger partial charge in [0.1, 0.15) is 11.5 Å². The highest BCUT2D eigenvalue weighted by Gasteiger charge is 2.46. The molecule has 4 rings (SSSR count). The molecule has 1 unspecified atom stereocenters. The van der Waals surface area contributed by atoms with Crippen LogP contribution in [0.5, 0.6) is 5.75 Å². The molecule has 33 heavy (non-hydrogen) atoms. The molecule has 1 atom stereocenters. The highest BCUT2D eigenvalue weighted by Crippen LogP contribution is 2.40. The number of methoxy groups -OCH3 is 1. The number of carbonyl (C=O) groups excluding carboxylic acids is 2. The second kappa shape index (κ2) is 8.96. The third kappa shape index (κ3) is 4.18. The summed E-state index contributed by atoms with van der Waals surface area (Å²) < 4.78 is 5.21. The summed E-state index contributed by atoms with van der Waals surface area (Å²) in [7, 11) is 1.53. The average molecular weight is 444 g/mol. The molecule has 166 valence electrons. The normalized spacial score (nSPS) is 17.2. The molecule has 0 spiro atoms. The number of carbonyl (C=O) groups is 2. The molecule has 1 aliphatic rings. The first kappa shape index (κ1) is 21.8. The number of Topliss-reactive ketones (excluding diaryl/α,β-unsaturated/α-hetero) is 1. The van der Waals surface area contributed by atoms with Crippen LogP contribution < -0.4 is 4.74 Å². The number of ether oxygens (including phenoxy) is 1. The minimum absolute atomic E-state index is 0.0741. The Balaban J connectivity index is 1.83. The lowest BCUT2D eigenvalue weighted by Gasteiger charge is -2.25. The molecule has 3 aromatic rings. The maximum absolute atomic E-state index is 13.1. The van der Waals surface area contributed by atoms with Crippen molar-refractivity contribution in [3.63, 3.8) is 0 Å². The zero-order valence-electron chi connectivity index (χ0n) is 17.7. The smallest absolute Gasteiger partial charge is 0.295 e. The molecule has 3 aromatic carbocycles. The van der Waals surface area contributed by atoms with E-state index in [-0.39, 0.29) is 29.1 Å². The summed E-state index contributed by atoms with van der Waals surface area (Å²) in [6.45, 7) is 0.166. The lowest BCUT2D eigenvalue weighted by molar-refractivity contribution is -0.384. The van der Waals surface area contributed by atoms with Gasteiger partial charge in [0, 0.05) is 24.2 Å². The highest BCUT2D eigenvalue weighted by atomic mass is 16.6. The summed E-state index contributed by atoms with van der Waals surface area (Å²) in [5.74, 6) is -1.33. The van der Waals surface area contributed by atoms with E-state index in [4.69, 9.17) is 4.74 Å². The molecule has 0 saturated carbocycles. The fourth-order valence-corrected chi connectivity index (χ4v) is 3.85. The second-order valence-corrected chi connectivity index (χ2v) is 7.49. The number of ketones is 1. The zero-order chi connectivity index (χ0) is 23.5. The van der Waals surface area contributed by atoms with Gasteiger partial charge in [-0.15, -0.1) is 0 Å². The number of rotatable bonds is 6. The lowest BCUT2D eigenvalue weighted by atomic mass is 9.95. The number of nitrogens with zero attached hydrogens (tertiary/aromatic N) is 2. The molecular formula is C25H20N2O6. The number of likely N-dealkylation sites (tertiary alicyclic amines) is 1. The molecule has 1 heterocycles. The fourth-order valence-electron chi connectivity index (χ4n) is 3.85. The molecule has 1 saturated heterocycles. The maximum Gasteiger partial charge on any atom is 0.295 e. The van der Waals surface area contributed by atoms with Gasteiger partial charge in [-0.2, -0.15) is 0 Å². The number of hydrogen-bond acceptors (Lipinski definition) is 6. The zero-order valence-corrected chi connectivity index (χ0v) is 17.7. The Bertz CT molecular complexity index is 1230. The number of non-ortho nitro benzene ring substituents is 1. The molecule has 1 amide bonds. The first-order valence-electron chi connectivity index (χ1n) is 10.1. The van der Waals surface area contributed by atoms with E-state index in [2.05, 4.69) is 0 Å². The predicted octanol–water partition coefficient (Wildman–Crippen LogP) is 4.23. The molecule has 0 bridgehead atoms. The number of aliphatic hydroxyl groups excluding tert-OH is 1. The Morgan fingerprint density at radius 3 is 2.21 bits per heavy atom. The number of hydrogen-bond donors (Lipinski definition) is 1. The summed E-state index contributed by atoms with van der Waals surface area (Å²) in [5, 5.41) is 22.0. The van der Waals surface area contributed by atoms with Gasteiger partial charge in [-0.3, -0.25) is 19.7 Å². The van der Waals surface area contributed by atoms with Crippen molar-refractivity contribution in [3.05, 3.63) is 111 Å². The van der Waals surface area contributed by atoms with Crippen molar-refractivity contribution in [3.8, 4) is 5.75 Å². The van der Waals surface area contributed by atoms with Gasteiger partial charge in [0.2, 0.25) is 0 Å². The van der Waals surface area contributed by atoms with Crippen LogP contribution in [0.1, 0.15) is 22.7 Å². The Labute approximate surface area is 189 Å². The summed E-state index contributed by atoms with van der Waals surface area (Å²) in [6, 6.07) is 20.4. The fraction of sp³-hybridized carbons (Fsp3) is 0.120. The SMILES string of the molecule is COc1ccc(C2/C(=C(/O)c3ccc([N+](=O)[O-])cc3)C(=O)C(=O)N2Cc2ccccc2)cc1. The number of amides is 1. The van der Waals surface area contributed by atoms with E-state index in [9.17, 15) is 24.8 Å². The minimum Gasteiger partial charge on any atom is -0.507 e. The van der Waals surface area contributed by atoms with Crippen LogP contribution >= 0.6 is 0 Å². The van der Waals surface area contributed by atoms with E-state index in [0.717, 1.165) is 5.56 Å². The van der Waals surface area contributed by atoms with Crippen molar-refractivity contribution in [2.24, 2.45) is 0 Å². The Kier molecular flexibility index (Phi) is 5.91. The van der Waals surface area contributed by atoms with E-state index < -0.39 is 22.7 Å². The van der Waals surface area contributed by atoms with E-state index in [1.165, 1.54) is 36.3 Å². The van der Waals surface area contributed by atoms with Crippen molar-refractivity contribution in [2.75, 3.05) is 7.11 Å². The quantitative estimate of drug-likeness (QED) is 0.200. The summed E-state index contributed by atoms with van der Waals surface area (Å²) in [6.07, 6.45) is 0. The van der Waals surface area contributed by atoms with E-state index in [1.807, 2.05) is 30.3 Å². The topological polar surface area (TPSA) is 110 Å². The molecule has 0 aliphatic carbocycles. The molecule has 1 N–H and O–H groups in total. The first-order valence-corrected chi connectivity index (χ1v) is 10.1. The van der Waals surface area contributed by atoms with E-state index in [0.29, 0.717) is 11.3 Å². The van der Waals surface area contributed by atoms with Crippen LogP contribution in [-0.4, -0.2) is 33.7 Å². The van der Waals surface area contributed by atoms with Crippen molar-refractivity contribution in [2.45, 2.75) is 12.6 Å². The number of nitro benzene ring substituents is 1. The van der Waals surface area contributed by atoms with Crippen LogP contribution in [0.15, 0.2) is 84.4 Å². The first-order chi connectivity index (χ1) is 15.9. The van der Waals surface area contributed by atoms with Gasteiger partial charge in [-0.05, 0) is 35.4 Å². The van der Waals surface area contributed by atoms with Gasteiger partial charge in [0.05, 0.1) is 23.6 Å². The van der Waals surface area contributed by atoms with Gasteiger partial charge in [-0.25, -0.2) is 0 Å². The van der Waals surface area contributed by atoms with Crippen LogP contribution in [0.3, 0.4) is 0 Å². The summed E-state index contributed by atoms with van der Waals surface area (Å²) in [5.41, 5.74) is 1.43. The standard InChI is InChI=1S/C25H20N2O6/c1-33-20-13-9-17(10-14-20)22-21(23(28)18-7-11-19(12-8-18)27(31)32)24(29)25(30)26(22)15-16-5-3-2-4-6-16/h2-14,22,28H,15H2,1H3/b23-21-. The Morgan fingerprint density at radius 2 is 1.64 bits per heavy atom. The number of aliphatic hydroxyl groups is 1. The molecule has 0 radical (unpaired) electrons. The predicted molar refractivity (Wildman–Crippen MR) is 120 cm³/mol. The van der Waals surface area contributed by atoms with Crippen LogP contribution in [0, 0.1) is 10.1 Å². The van der Waals surface area contributed by atoms with Crippen molar-refractivity contribution in [1.29, 1.82) is 0 Å². The third-order valence-electron chi connectivity index (χ3n) is 5.52. The van der Waals surface area contributed by atoms with Crippen LogP contribution in [0.25, 0.3) is 5.76 Å². The molecule has 1 fully saturated rings. The summed E-state index contributed by atoms with van der Waals surface area (Å²) >= 11 is 0. The molecule has 1 aliphatic heterocycles.